The summed E-state index contributed by atoms with van der Waals surface area (Å²) in [7, 11) is 1.41. The van der Waals surface area contributed by atoms with Crippen molar-refractivity contribution in [3.05, 3.63) is 53.2 Å². The molecule has 2 atom stereocenters. The Bertz CT molecular complexity index is 795. The summed E-state index contributed by atoms with van der Waals surface area (Å²) in [6.45, 7) is 0. The number of methoxy groups -OCH3 is 1. The molecule has 1 aliphatic carbocycles. The van der Waals surface area contributed by atoms with Crippen molar-refractivity contribution in [1.29, 1.82) is 0 Å². The number of carbonyl (C=O) groups excluding carboxylic acids is 2. The monoisotopic (exact) mass is 373 g/mol. The number of halogens is 1. The minimum Gasteiger partial charge on any atom is -0.469 e. The van der Waals surface area contributed by atoms with Gasteiger partial charge in [0.15, 0.2) is 0 Å². The molecule has 1 heterocycles. The van der Waals surface area contributed by atoms with Gasteiger partial charge in [-0.05, 0) is 49.6 Å². The number of carbonyl (C=O) groups is 2. The molecule has 26 heavy (non-hydrogen) atoms. The van der Waals surface area contributed by atoms with E-state index in [9.17, 15) is 9.59 Å². The summed E-state index contributed by atoms with van der Waals surface area (Å²) >= 11 is 5.91. The normalized spacial score (nSPS) is 19.0. The molecule has 0 unspecified atom stereocenters. The number of esters is 1. The Labute approximate surface area is 156 Å². The minimum atomic E-state index is -0.252. The van der Waals surface area contributed by atoms with Crippen LogP contribution < -0.4 is 10.6 Å². The van der Waals surface area contributed by atoms with Gasteiger partial charge in [-0.3, -0.25) is 9.59 Å². The van der Waals surface area contributed by atoms with E-state index in [-0.39, 0.29) is 23.8 Å². The Kier molecular flexibility index (Phi) is 5.73. The van der Waals surface area contributed by atoms with Gasteiger partial charge in [-0.25, -0.2) is 4.98 Å². The average molecular weight is 374 g/mol. The molecule has 1 aromatic carbocycles. The van der Waals surface area contributed by atoms with Crippen LogP contribution in [0.4, 0.5) is 11.5 Å². The van der Waals surface area contributed by atoms with Crippen molar-refractivity contribution in [3.8, 4) is 0 Å². The summed E-state index contributed by atoms with van der Waals surface area (Å²) in [5.41, 5.74) is 1.08. The molecule has 0 saturated heterocycles. The SMILES string of the molecule is COC(=O)[C@H]1CC[C@@H](Nc2ccc(C(=O)Nc3cccc(Cl)c3)cn2)C1. The predicted octanol–water partition coefficient (Wildman–Crippen LogP) is 3.74. The highest BCUT2D eigenvalue weighted by Crippen LogP contribution is 2.28. The smallest absolute Gasteiger partial charge is 0.308 e. The molecule has 0 aliphatic heterocycles. The van der Waals surface area contributed by atoms with Gasteiger partial charge >= 0.3 is 5.97 Å². The lowest BCUT2D eigenvalue weighted by Crippen LogP contribution is -2.19. The topological polar surface area (TPSA) is 80.3 Å². The van der Waals surface area contributed by atoms with Crippen LogP contribution in [0.25, 0.3) is 0 Å². The van der Waals surface area contributed by atoms with Gasteiger partial charge < -0.3 is 15.4 Å². The van der Waals surface area contributed by atoms with Gasteiger partial charge in [-0.15, -0.1) is 0 Å². The molecule has 1 fully saturated rings. The number of amides is 1. The van der Waals surface area contributed by atoms with E-state index in [0.29, 0.717) is 22.1 Å². The van der Waals surface area contributed by atoms with E-state index in [1.165, 1.54) is 13.3 Å². The zero-order valence-electron chi connectivity index (χ0n) is 14.4. The summed E-state index contributed by atoms with van der Waals surface area (Å²) in [5.74, 6) is 0.216. The lowest BCUT2D eigenvalue weighted by atomic mass is 10.1. The third-order valence-electron chi connectivity index (χ3n) is 4.43. The highest BCUT2D eigenvalue weighted by atomic mass is 35.5. The quantitative estimate of drug-likeness (QED) is 0.780. The van der Waals surface area contributed by atoms with E-state index in [4.69, 9.17) is 16.3 Å². The molecule has 136 valence electrons. The molecule has 2 N–H and O–H groups in total. The lowest BCUT2D eigenvalue weighted by Gasteiger charge is -2.13. The third kappa shape index (κ3) is 4.52. The molecule has 0 spiro atoms. The van der Waals surface area contributed by atoms with Crippen LogP contribution in [-0.4, -0.2) is 30.0 Å². The van der Waals surface area contributed by atoms with Crippen LogP contribution in [0.1, 0.15) is 29.6 Å². The van der Waals surface area contributed by atoms with Gasteiger partial charge in [-0.1, -0.05) is 17.7 Å². The molecular weight excluding hydrogens is 354 g/mol. The Morgan fingerprint density at radius 1 is 1.23 bits per heavy atom. The van der Waals surface area contributed by atoms with Crippen molar-refractivity contribution in [2.45, 2.75) is 25.3 Å². The number of hydrogen-bond acceptors (Lipinski definition) is 5. The van der Waals surface area contributed by atoms with Crippen molar-refractivity contribution < 1.29 is 14.3 Å². The maximum absolute atomic E-state index is 12.3. The van der Waals surface area contributed by atoms with E-state index in [0.717, 1.165) is 19.3 Å². The largest absolute Gasteiger partial charge is 0.469 e. The maximum atomic E-state index is 12.3. The van der Waals surface area contributed by atoms with Crippen molar-refractivity contribution in [3.63, 3.8) is 0 Å². The van der Waals surface area contributed by atoms with Gasteiger partial charge in [0.1, 0.15) is 5.82 Å². The molecular formula is C19H20ClN3O3. The van der Waals surface area contributed by atoms with Crippen LogP contribution in [0, 0.1) is 5.92 Å². The molecule has 0 radical (unpaired) electrons. The second-order valence-electron chi connectivity index (χ2n) is 6.27. The summed E-state index contributed by atoms with van der Waals surface area (Å²) in [5, 5.41) is 6.64. The van der Waals surface area contributed by atoms with Gasteiger partial charge in [0.05, 0.1) is 18.6 Å². The number of nitrogens with one attached hydrogen (secondary N) is 2. The van der Waals surface area contributed by atoms with Crippen LogP contribution in [0.5, 0.6) is 0 Å². The van der Waals surface area contributed by atoms with Crippen LogP contribution >= 0.6 is 11.6 Å². The summed E-state index contributed by atoms with van der Waals surface area (Å²) in [6.07, 6.45) is 3.95. The van der Waals surface area contributed by atoms with Crippen LogP contribution in [0.3, 0.4) is 0 Å². The molecule has 1 amide bonds. The van der Waals surface area contributed by atoms with Gasteiger partial charge in [0.2, 0.25) is 0 Å². The second kappa shape index (κ2) is 8.19. The van der Waals surface area contributed by atoms with E-state index >= 15 is 0 Å². The zero-order chi connectivity index (χ0) is 18.5. The Morgan fingerprint density at radius 3 is 2.77 bits per heavy atom. The van der Waals surface area contributed by atoms with Crippen LogP contribution in [0.15, 0.2) is 42.6 Å². The molecule has 2 aromatic rings. The number of hydrogen-bond donors (Lipinski definition) is 2. The Balaban J connectivity index is 1.57. The van der Waals surface area contributed by atoms with Gasteiger partial charge in [0, 0.05) is 22.9 Å². The van der Waals surface area contributed by atoms with E-state index in [2.05, 4.69) is 15.6 Å². The van der Waals surface area contributed by atoms with Gasteiger partial charge in [0.25, 0.3) is 5.91 Å². The number of rotatable bonds is 5. The molecule has 1 saturated carbocycles. The van der Waals surface area contributed by atoms with Crippen molar-refractivity contribution in [2.24, 2.45) is 5.92 Å². The van der Waals surface area contributed by atoms with E-state index in [1.54, 1.807) is 36.4 Å². The first kappa shape index (κ1) is 18.2. The fourth-order valence-corrected chi connectivity index (χ4v) is 3.28. The number of pyridine rings is 1. The van der Waals surface area contributed by atoms with Crippen molar-refractivity contribution in [2.75, 3.05) is 17.7 Å². The fourth-order valence-electron chi connectivity index (χ4n) is 3.09. The maximum Gasteiger partial charge on any atom is 0.308 e. The summed E-state index contributed by atoms with van der Waals surface area (Å²) < 4.78 is 4.80. The second-order valence-corrected chi connectivity index (χ2v) is 6.71. The fraction of sp³-hybridized carbons (Fsp3) is 0.316. The van der Waals surface area contributed by atoms with Crippen molar-refractivity contribution >= 4 is 35.0 Å². The summed E-state index contributed by atoms with van der Waals surface area (Å²) in [4.78, 5) is 28.1. The number of aromatic nitrogens is 1. The van der Waals surface area contributed by atoms with E-state index in [1.807, 2.05) is 0 Å². The number of ether oxygens (including phenoxy) is 1. The first-order valence-electron chi connectivity index (χ1n) is 8.42. The molecule has 7 heteroatoms. The number of anilines is 2. The minimum absolute atomic E-state index is 0.0553. The first-order chi connectivity index (χ1) is 12.5. The van der Waals surface area contributed by atoms with E-state index < -0.39 is 0 Å². The highest BCUT2D eigenvalue weighted by Gasteiger charge is 2.30. The zero-order valence-corrected chi connectivity index (χ0v) is 15.1. The lowest BCUT2D eigenvalue weighted by molar-refractivity contribution is -0.145. The molecule has 3 rings (SSSR count). The molecule has 0 bridgehead atoms. The Hall–Kier alpha value is -2.60. The first-order valence-corrected chi connectivity index (χ1v) is 8.80. The Morgan fingerprint density at radius 2 is 2.08 bits per heavy atom. The van der Waals surface area contributed by atoms with Crippen LogP contribution in [0.2, 0.25) is 5.02 Å². The number of benzene rings is 1. The molecule has 6 nitrogen and oxygen atoms in total. The third-order valence-corrected chi connectivity index (χ3v) is 4.66. The number of nitrogens with zero attached hydrogens (tertiary/aromatic N) is 1. The predicted molar refractivity (Wildman–Crippen MR) is 100 cm³/mol. The summed E-state index contributed by atoms with van der Waals surface area (Å²) in [6, 6.07) is 10.6. The molecule has 1 aromatic heterocycles. The average Bonchev–Trinajstić information content (AvgIpc) is 3.10. The van der Waals surface area contributed by atoms with Gasteiger partial charge in [-0.2, -0.15) is 0 Å². The highest BCUT2D eigenvalue weighted by molar-refractivity contribution is 6.30. The van der Waals surface area contributed by atoms with Crippen molar-refractivity contribution in [1.82, 2.24) is 4.98 Å². The van der Waals surface area contributed by atoms with Crippen LogP contribution in [-0.2, 0) is 9.53 Å². The standard InChI is InChI=1S/C19H20ClN3O3/c1-26-19(25)12-5-7-16(9-12)22-17-8-6-13(11-21-17)18(24)23-15-4-2-3-14(20)10-15/h2-4,6,8,10-12,16H,5,7,9H2,1H3,(H,21,22)(H,23,24)/t12-,16+/m0/s1. The molecule has 1 aliphatic rings.